The molecule has 4 rings (SSSR count). The van der Waals surface area contributed by atoms with Crippen molar-refractivity contribution in [3.8, 4) is 11.5 Å². The maximum absolute atomic E-state index is 12.5. The molecular formula is C20H26ClN3O2S. The first-order chi connectivity index (χ1) is 12.7. The quantitative estimate of drug-likeness (QED) is 0.790. The maximum Gasteiger partial charge on any atom is 0.232 e. The summed E-state index contributed by atoms with van der Waals surface area (Å²) in [6.07, 6.45) is 6.38. The summed E-state index contributed by atoms with van der Waals surface area (Å²) in [7, 11) is 1.96. The average Bonchev–Trinajstić information content (AvgIpc) is 3.28. The second-order valence-electron chi connectivity index (χ2n) is 7.27. The molecule has 2 bridgehead atoms. The smallest absolute Gasteiger partial charge is 0.232 e. The molecule has 2 atom stereocenters. The van der Waals surface area contributed by atoms with Crippen LogP contribution in [0.1, 0.15) is 31.4 Å². The molecule has 0 saturated carbocycles. The standard InChI is InChI=1S/C20H25N3O2S.ClH/c1-23(18-9-15-7-8-16(10-18)21-15)19(24)13-26-12-17-11-25-20(22-17)14-5-3-2-4-6-14;/h2-6,11,15-16,18,21H,7-10,12-13H2,1H3;1H. The lowest BCUT2D eigenvalue weighted by atomic mass is 9.98. The zero-order valence-electron chi connectivity index (χ0n) is 15.5. The summed E-state index contributed by atoms with van der Waals surface area (Å²) in [5.41, 5.74) is 1.85. The summed E-state index contributed by atoms with van der Waals surface area (Å²) in [5, 5.41) is 3.63. The number of aromatic nitrogens is 1. The van der Waals surface area contributed by atoms with E-state index in [1.165, 1.54) is 12.8 Å². The summed E-state index contributed by atoms with van der Waals surface area (Å²) in [4.78, 5) is 19.0. The normalized spacial score (nSPS) is 23.7. The number of nitrogens with zero attached hydrogens (tertiary/aromatic N) is 2. The summed E-state index contributed by atoms with van der Waals surface area (Å²) < 4.78 is 5.55. The Balaban J connectivity index is 0.00000210. The van der Waals surface area contributed by atoms with Crippen LogP contribution in [0.3, 0.4) is 0 Å². The first-order valence-corrected chi connectivity index (χ1v) is 10.4. The number of benzene rings is 1. The number of nitrogens with one attached hydrogen (secondary N) is 1. The van der Waals surface area contributed by atoms with Gasteiger partial charge in [0.1, 0.15) is 6.26 Å². The van der Waals surface area contributed by atoms with E-state index >= 15 is 0 Å². The molecule has 1 N–H and O–H groups in total. The number of carbonyl (C=O) groups excluding carboxylic acids is 1. The van der Waals surface area contributed by atoms with Gasteiger partial charge in [-0.1, -0.05) is 18.2 Å². The van der Waals surface area contributed by atoms with Crippen molar-refractivity contribution in [2.45, 2.75) is 49.6 Å². The molecule has 1 aromatic carbocycles. The Morgan fingerprint density at radius 2 is 1.96 bits per heavy atom. The Bertz CT molecular complexity index is 743. The summed E-state index contributed by atoms with van der Waals surface area (Å²) in [6.45, 7) is 0. The molecule has 2 aromatic rings. The lowest BCUT2D eigenvalue weighted by Crippen LogP contribution is -2.49. The van der Waals surface area contributed by atoms with Crippen molar-refractivity contribution < 1.29 is 9.21 Å². The number of carbonyl (C=O) groups is 1. The number of oxazole rings is 1. The van der Waals surface area contributed by atoms with Crippen molar-refractivity contribution in [2.24, 2.45) is 0 Å². The summed E-state index contributed by atoms with van der Waals surface area (Å²) in [5.74, 6) is 2.03. The third-order valence-corrected chi connectivity index (χ3v) is 6.39. The number of hydrogen-bond donors (Lipinski definition) is 1. The first kappa shape index (κ1) is 20.2. The summed E-state index contributed by atoms with van der Waals surface area (Å²) in [6, 6.07) is 11.5. The number of hydrogen-bond acceptors (Lipinski definition) is 5. The van der Waals surface area contributed by atoms with Crippen LogP contribution in [-0.2, 0) is 10.5 Å². The van der Waals surface area contributed by atoms with Gasteiger partial charge in [0.05, 0.1) is 11.4 Å². The van der Waals surface area contributed by atoms with Gasteiger partial charge in [0, 0.05) is 36.5 Å². The Labute approximate surface area is 170 Å². The Morgan fingerprint density at radius 3 is 2.67 bits per heavy atom. The predicted molar refractivity (Wildman–Crippen MR) is 111 cm³/mol. The molecule has 146 valence electrons. The van der Waals surface area contributed by atoms with Crippen molar-refractivity contribution in [3.05, 3.63) is 42.3 Å². The van der Waals surface area contributed by atoms with E-state index in [2.05, 4.69) is 10.3 Å². The van der Waals surface area contributed by atoms with Crippen molar-refractivity contribution in [2.75, 3.05) is 12.8 Å². The van der Waals surface area contributed by atoms with Gasteiger partial charge in [-0.2, -0.15) is 0 Å². The lowest BCUT2D eigenvalue weighted by Gasteiger charge is -2.35. The van der Waals surface area contributed by atoms with E-state index in [1.807, 2.05) is 42.3 Å². The molecule has 1 aromatic heterocycles. The van der Waals surface area contributed by atoms with E-state index in [0.29, 0.717) is 35.5 Å². The van der Waals surface area contributed by atoms with Gasteiger partial charge < -0.3 is 14.6 Å². The molecule has 2 saturated heterocycles. The topological polar surface area (TPSA) is 58.4 Å². The largest absolute Gasteiger partial charge is 0.444 e. The second kappa shape index (κ2) is 9.13. The number of fused-ring (bicyclic) bond motifs is 2. The molecule has 1 amide bonds. The van der Waals surface area contributed by atoms with E-state index < -0.39 is 0 Å². The summed E-state index contributed by atoms with van der Waals surface area (Å²) >= 11 is 1.60. The van der Waals surface area contributed by atoms with Gasteiger partial charge in [-0.3, -0.25) is 4.79 Å². The monoisotopic (exact) mass is 407 g/mol. The van der Waals surface area contributed by atoms with Gasteiger partial charge in [0.25, 0.3) is 0 Å². The minimum Gasteiger partial charge on any atom is -0.444 e. The molecule has 27 heavy (non-hydrogen) atoms. The molecule has 0 radical (unpaired) electrons. The van der Waals surface area contributed by atoms with E-state index in [1.54, 1.807) is 18.0 Å². The van der Waals surface area contributed by atoms with E-state index in [4.69, 9.17) is 4.42 Å². The SMILES string of the molecule is CN(C(=O)CSCc1coc(-c2ccccc2)n1)C1CC2CCC(C1)N2.Cl. The van der Waals surface area contributed by atoms with Crippen LogP contribution < -0.4 is 5.32 Å². The molecule has 5 nitrogen and oxygen atoms in total. The van der Waals surface area contributed by atoms with Crippen LogP contribution in [0.15, 0.2) is 41.0 Å². The molecule has 2 aliphatic heterocycles. The number of rotatable bonds is 6. The van der Waals surface area contributed by atoms with E-state index in [0.717, 1.165) is 24.1 Å². The molecule has 7 heteroatoms. The number of thioether (sulfide) groups is 1. The van der Waals surface area contributed by atoms with Crippen molar-refractivity contribution in [1.29, 1.82) is 0 Å². The molecule has 2 unspecified atom stereocenters. The fraction of sp³-hybridized carbons (Fsp3) is 0.500. The highest BCUT2D eigenvalue weighted by atomic mass is 35.5. The van der Waals surface area contributed by atoms with Crippen LogP contribution in [0.25, 0.3) is 11.5 Å². The molecule has 3 heterocycles. The molecule has 2 fully saturated rings. The number of piperidine rings is 1. The van der Waals surface area contributed by atoms with Crippen LogP contribution in [0.2, 0.25) is 0 Å². The van der Waals surface area contributed by atoms with Crippen molar-refractivity contribution >= 4 is 30.1 Å². The van der Waals surface area contributed by atoms with E-state index in [9.17, 15) is 4.79 Å². The van der Waals surface area contributed by atoms with Gasteiger partial charge in [-0.25, -0.2) is 4.98 Å². The Kier molecular flexibility index (Phi) is 6.84. The van der Waals surface area contributed by atoms with Gasteiger partial charge in [0.15, 0.2) is 0 Å². The Morgan fingerprint density at radius 1 is 1.26 bits per heavy atom. The van der Waals surface area contributed by atoms with Crippen LogP contribution in [-0.4, -0.2) is 46.7 Å². The van der Waals surface area contributed by atoms with Gasteiger partial charge in [-0.15, -0.1) is 24.2 Å². The van der Waals surface area contributed by atoms with Crippen LogP contribution in [0.5, 0.6) is 0 Å². The van der Waals surface area contributed by atoms with Gasteiger partial charge >= 0.3 is 0 Å². The molecule has 0 spiro atoms. The minimum absolute atomic E-state index is 0. The predicted octanol–water partition coefficient (Wildman–Crippen LogP) is 3.74. The number of amides is 1. The third kappa shape index (κ3) is 4.86. The average molecular weight is 408 g/mol. The van der Waals surface area contributed by atoms with Gasteiger partial charge in [-0.05, 0) is 37.8 Å². The van der Waals surface area contributed by atoms with Crippen LogP contribution in [0.4, 0.5) is 0 Å². The fourth-order valence-corrected chi connectivity index (χ4v) is 4.80. The molecule has 2 aliphatic rings. The number of halogens is 1. The zero-order chi connectivity index (χ0) is 17.9. The fourth-order valence-electron chi connectivity index (χ4n) is 3.98. The van der Waals surface area contributed by atoms with Gasteiger partial charge in [0.2, 0.25) is 11.8 Å². The third-order valence-electron chi connectivity index (χ3n) is 5.44. The maximum atomic E-state index is 12.5. The highest BCUT2D eigenvalue weighted by Gasteiger charge is 2.36. The minimum atomic E-state index is 0. The first-order valence-electron chi connectivity index (χ1n) is 9.28. The van der Waals surface area contributed by atoms with Crippen molar-refractivity contribution in [3.63, 3.8) is 0 Å². The van der Waals surface area contributed by atoms with E-state index in [-0.39, 0.29) is 18.3 Å². The molecular weight excluding hydrogens is 382 g/mol. The zero-order valence-corrected chi connectivity index (χ0v) is 17.1. The second-order valence-corrected chi connectivity index (χ2v) is 8.26. The highest BCUT2D eigenvalue weighted by molar-refractivity contribution is 7.99. The Hall–Kier alpha value is -1.50. The van der Waals surface area contributed by atoms with Crippen LogP contribution in [0, 0.1) is 0 Å². The van der Waals surface area contributed by atoms with Crippen molar-refractivity contribution in [1.82, 2.24) is 15.2 Å². The van der Waals surface area contributed by atoms with Crippen LogP contribution >= 0.6 is 24.2 Å². The molecule has 0 aliphatic carbocycles. The lowest BCUT2D eigenvalue weighted by molar-refractivity contribution is -0.129. The highest BCUT2D eigenvalue weighted by Crippen LogP contribution is 2.29.